The Kier molecular flexibility index (Phi) is 1.46. The molecule has 14 heavy (non-hydrogen) atoms. The van der Waals surface area contributed by atoms with Gasteiger partial charge in [-0.2, -0.15) is 0 Å². The molecule has 1 saturated heterocycles. The maximum Gasteiger partial charge on any atom is 0.238 e. The number of hydrogen-bond acceptors (Lipinski definition) is 3. The number of rotatable bonds is 0. The van der Waals surface area contributed by atoms with Gasteiger partial charge in [0.1, 0.15) is 0 Å². The molecular formula is C10H9N3O. The Labute approximate surface area is 81.1 Å². The van der Waals surface area contributed by atoms with Crippen molar-refractivity contribution >= 4 is 11.6 Å². The number of piperazine rings is 1. The fourth-order valence-corrected chi connectivity index (χ4v) is 1.87. The predicted octanol–water partition coefficient (Wildman–Crippen LogP) is -0.133. The molecule has 2 N–H and O–H groups in total. The van der Waals surface area contributed by atoms with E-state index >= 15 is 0 Å². The van der Waals surface area contributed by atoms with Crippen LogP contribution in [-0.2, 0) is 4.79 Å². The van der Waals surface area contributed by atoms with Gasteiger partial charge in [-0.15, -0.1) is 0 Å². The van der Waals surface area contributed by atoms with Crippen LogP contribution in [0.3, 0.4) is 0 Å². The number of fused-ring (bicyclic) bond motifs is 2. The van der Waals surface area contributed by atoms with Crippen LogP contribution in [-0.4, -0.2) is 24.2 Å². The average Bonchev–Trinajstić information content (AvgIpc) is 2.65. The first-order valence-corrected chi connectivity index (χ1v) is 4.55. The van der Waals surface area contributed by atoms with Crippen molar-refractivity contribution in [2.24, 2.45) is 4.99 Å². The van der Waals surface area contributed by atoms with Crippen LogP contribution in [0.4, 0.5) is 0 Å². The van der Waals surface area contributed by atoms with Crippen LogP contribution >= 0.6 is 0 Å². The summed E-state index contributed by atoms with van der Waals surface area (Å²) in [6.07, 6.45) is 7.68. The third kappa shape index (κ3) is 0.975. The summed E-state index contributed by atoms with van der Waals surface area (Å²) >= 11 is 0. The molecular weight excluding hydrogens is 178 g/mol. The quantitative estimate of drug-likeness (QED) is 0.555. The molecule has 2 aliphatic heterocycles. The standard InChI is InChI=1S/C10H9N3O/c14-9-5-12-8-2-1-7-6(3-4-11-7)10(8)13-9/h1-4,8,12H,5H2,(H,13,14). The Morgan fingerprint density at radius 3 is 3.29 bits per heavy atom. The molecule has 70 valence electrons. The zero-order valence-corrected chi connectivity index (χ0v) is 7.45. The summed E-state index contributed by atoms with van der Waals surface area (Å²) in [4.78, 5) is 15.4. The monoisotopic (exact) mass is 187 g/mol. The van der Waals surface area contributed by atoms with E-state index in [1.54, 1.807) is 6.20 Å². The van der Waals surface area contributed by atoms with Gasteiger partial charge in [0.15, 0.2) is 0 Å². The highest BCUT2D eigenvalue weighted by molar-refractivity contribution is 6.14. The van der Waals surface area contributed by atoms with Crippen LogP contribution in [0.25, 0.3) is 0 Å². The Hall–Kier alpha value is -1.68. The molecule has 3 aliphatic rings. The topological polar surface area (TPSA) is 53.5 Å². The number of nitrogens with one attached hydrogen (secondary N) is 2. The number of aliphatic imine (C=N–C) groups is 1. The molecule has 4 heteroatoms. The zero-order chi connectivity index (χ0) is 9.54. The molecule has 0 spiro atoms. The van der Waals surface area contributed by atoms with E-state index in [9.17, 15) is 4.79 Å². The number of amides is 1. The van der Waals surface area contributed by atoms with Crippen LogP contribution < -0.4 is 10.6 Å². The molecule has 1 amide bonds. The number of carbonyl (C=O) groups excluding carboxylic acids is 1. The van der Waals surface area contributed by atoms with Crippen molar-refractivity contribution in [2.75, 3.05) is 6.54 Å². The Bertz CT molecular complexity index is 429. The minimum Gasteiger partial charge on any atom is -0.326 e. The lowest BCUT2D eigenvalue weighted by atomic mass is 9.96. The summed E-state index contributed by atoms with van der Waals surface area (Å²) in [5.74, 6) is 0.0127. The molecule has 0 aromatic rings. The second kappa shape index (κ2) is 2.65. The Morgan fingerprint density at radius 2 is 2.36 bits per heavy atom. The third-order valence-corrected chi connectivity index (χ3v) is 2.54. The fourth-order valence-electron chi connectivity index (χ4n) is 1.87. The lowest BCUT2D eigenvalue weighted by Gasteiger charge is -2.28. The van der Waals surface area contributed by atoms with Crippen LogP contribution in [0.15, 0.2) is 40.7 Å². The van der Waals surface area contributed by atoms with Gasteiger partial charge in [0, 0.05) is 17.5 Å². The van der Waals surface area contributed by atoms with Gasteiger partial charge < -0.3 is 5.32 Å². The van der Waals surface area contributed by atoms with E-state index in [2.05, 4.69) is 15.6 Å². The Balaban J connectivity index is 2.08. The molecule has 0 saturated carbocycles. The van der Waals surface area contributed by atoms with Gasteiger partial charge in [0.2, 0.25) is 5.91 Å². The molecule has 3 rings (SSSR count). The molecule has 1 fully saturated rings. The van der Waals surface area contributed by atoms with Crippen molar-refractivity contribution < 1.29 is 4.79 Å². The van der Waals surface area contributed by atoms with E-state index in [1.165, 1.54) is 0 Å². The summed E-state index contributed by atoms with van der Waals surface area (Å²) in [6, 6.07) is 0.129. The average molecular weight is 187 g/mol. The molecule has 0 radical (unpaired) electrons. The summed E-state index contributed by atoms with van der Waals surface area (Å²) in [7, 11) is 0. The highest BCUT2D eigenvalue weighted by atomic mass is 16.2. The van der Waals surface area contributed by atoms with Crippen molar-refractivity contribution in [1.82, 2.24) is 10.6 Å². The molecule has 2 heterocycles. The first kappa shape index (κ1) is 7.70. The van der Waals surface area contributed by atoms with Gasteiger partial charge in [0.05, 0.1) is 18.3 Å². The van der Waals surface area contributed by atoms with Crippen LogP contribution in [0, 0.1) is 0 Å². The van der Waals surface area contributed by atoms with Crippen LogP contribution in [0.1, 0.15) is 0 Å². The predicted molar refractivity (Wildman–Crippen MR) is 52.7 cm³/mol. The summed E-state index contributed by atoms with van der Waals surface area (Å²) < 4.78 is 0. The smallest absolute Gasteiger partial charge is 0.238 e. The highest BCUT2D eigenvalue weighted by Gasteiger charge is 2.28. The minimum absolute atomic E-state index is 0.0127. The van der Waals surface area contributed by atoms with Crippen molar-refractivity contribution in [3.8, 4) is 0 Å². The van der Waals surface area contributed by atoms with E-state index in [0.717, 1.165) is 17.0 Å². The highest BCUT2D eigenvalue weighted by Crippen LogP contribution is 2.22. The fraction of sp³-hybridized carbons (Fsp3) is 0.200. The second-order valence-corrected chi connectivity index (χ2v) is 3.42. The SMILES string of the molecule is O=C1CNC2C=CC3=NC=CC3=C2N1. The van der Waals surface area contributed by atoms with Gasteiger partial charge in [-0.1, -0.05) is 6.08 Å². The summed E-state index contributed by atoms with van der Waals surface area (Å²) in [5, 5.41) is 6.02. The second-order valence-electron chi connectivity index (χ2n) is 3.42. The van der Waals surface area contributed by atoms with Gasteiger partial charge in [0.25, 0.3) is 0 Å². The molecule has 0 bridgehead atoms. The molecule has 4 nitrogen and oxygen atoms in total. The van der Waals surface area contributed by atoms with Gasteiger partial charge in [-0.05, 0) is 12.2 Å². The lowest BCUT2D eigenvalue weighted by Crippen LogP contribution is -2.50. The first-order valence-electron chi connectivity index (χ1n) is 4.55. The van der Waals surface area contributed by atoms with Gasteiger partial charge >= 0.3 is 0 Å². The van der Waals surface area contributed by atoms with Crippen molar-refractivity contribution in [3.63, 3.8) is 0 Å². The normalized spacial score (nSPS) is 28.4. The first-order chi connectivity index (χ1) is 6.84. The van der Waals surface area contributed by atoms with E-state index in [4.69, 9.17) is 0 Å². The van der Waals surface area contributed by atoms with Gasteiger partial charge in [-0.25, -0.2) is 0 Å². The maximum atomic E-state index is 11.2. The third-order valence-electron chi connectivity index (χ3n) is 2.54. The Morgan fingerprint density at radius 1 is 1.43 bits per heavy atom. The summed E-state index contributed by atoms with van der Waals surface area (Å²) in [5.41, 5.74) is 2.88. The van der Waals surface area contributed by atoms with Crippen LogP contribution in [0.2, 0.25) is 0 Å². The number of carbonyl (C=O) groups is 1. The van der Waals surface area contributed by atoms with E-state index in [-0.39, 0.29) is 11.9 Å². The lowest BCUT2D eigenvalue weighted by molar-refractivity contribution is -0.120. The number of hydrogen-bond donors (Lipinski definition) is 2. The van der Waals surface area contributed by atoms with Crippen molar-refractivity contribution in [1.29, 1.82) is 0 Å². The molecule has 0 aromatic carbocycles. The zero-order valence-electron chi connectivity index (χ0n) is 7.45. The largest absolute Gasteiger partial charge is 0.326 e. The summed E-state index contributed by atoms with van der Waals surface area (Å²) in [6.45, 7) is 0.377. The molecule has 1 aliphatic carbocycles. The number of nitrogens with zero attached hydrogens (tertiary/aromatic N) is 1. The van der Waals surface area contributed by atoms with E-state index < -0.39 is 0 Å². The molecule has 1 unspecified atom stereocenters. The van der Waals surface area contributed by atoms with Crippen molar-refractivity contribution in [2.45, 2.75) is 6.04 Å². The molecule has 1 atom stereocenters. The number of allylic oxidation sites excluding steroid dienone is 3. The van der Waals surface area contributed by atoms with Gasteiger partial charge in [-0.3, -0.25) is 15.1 Å². The maximum absolute atomic E-state index is 11.2. The van der Waals surface area contributed by atoms with Crippen molar-refractivity contribution in [3.05, 3.63) is 35.7 Å². The minimum atomic E-state index is 0.0127. The molecule has 0 aromatic heterocycles. The van der Waals surface area contributed by atoms with E-state index in [0.29, 0.717) is 6.54 Å². The van der Waals surface area contributed by atoms with E-state index in [1.807, 2.05) is 18.2 Å². The van der Waals surface area contributed by atoms with Crippen LogP contribution in [0.5, 0.6) is 0 Å².